The van der Waals surface area contributed by atoms with Crippen LogP contribution < -0.4 is 9.88 Å². The number of carboxylic acid groups (broad SMARTS) is 1. The van der Waals surface area contributed by atoms with Crippen LogP contribution in [0.25, 0.3) is 10.1 Å². The smallest absolute Gasteiger partial charge is 0.303 e. The van der Waals surface area contributed by atoms with Gasteiger partial charge in [0.2, 0.25) is 10.0 Å². The predicted octanol–water partition coefficient (Wildman–Crippen LogP) is 1.79. The van der Waals surface area contributed by atoms with E-state index < -0.39 is 16.0 Å². The molecule has 3 N–H and O–H groups in total. The van der Waals surface area contributed by atoms with E-state index in [-0.39, 0.29) is 10.6 Å². The minimum absolute atomic E-state index is 0.0524. The summed E-state index contributed by atoms with van der Waals surface area (Å²) in [5, 5.41) is 14.4. The number of thiophene rings is 1. The fourth-order valence-electron chi connectivity index (χ4n) is 1.63. The van der Waals surface area contributed by atoms with E-state index in [1.54, 1.807) is 18.2 Å². The zero-order valence-electron chi connectivity index (χ0n) is 10.4. The van der Waals surface area contributed by atoms with Gasteiger partial charge in [-0.15, -0.1) is 11.3 Å². The summed E-state index contributed by atoms with van der Waals surface area (Å²) < 4.78 is 28.8. The van der Waals surface area contributed by atoms with E-state index in [2.05, 4.69) is 0 Å². The third-order valence-electron chi connectivity index (χ3n) is 2.55. The Balaban J connectivity index is 2.11. The number of hydrogen-bond acceptors (Lipinski definition) is 5. The molecule has 0 saturated heterocycles. The minimum Gasteiger partial charge on any atom is -0.494 e. The molecule has 20 heavy (non-hydrogen) atoms. The summed E-state index contributed by atoms with van der Waals surface area (Å²) in [6.45, 7) is 0.297. The van der Waals surface area contributed by atoms with Crippen LogP contribution in [0.2, 0.25) is 0 Å². The molecule has 8 heteroatoms. The molecule has 0 spiro atoms. The van der Waals surface area contributed by atoms with Crippen molar-refractivity contribution >= 4 is 37.4 Å². The molecule has 0 atom stereocenters. The van der Waals surface area contributed by atoms with Crippen LogP contribution in [0.3, 0.4) is 0 Å². The van der Waals surface area contributed by atoms with E-state index in [1.807, 2.05) is 0 Å². The summed E-state index contributed by atoms with van der Waals surface area (Å²) in [6.07, 6.45) is 0.469. The number of sulfonamides is 1. The number of ether oxygens (including phenoxy) is 1. The van der Waals surface area contributed by atoms with Gasteiger partial charge in [0.25, 0.3) is 0 Å². The van der Waals surface area contributed by atoms with Crippen LogP contribution in [0.4, 0.5) is 0 Å². The molecule has 6 nitrogen and oxygen atoms in total. The Morgan fingerprint density at radius 3 is 2.75 bits per heavy atom. The Bertz CT molecular complexity index is 735. The van der Waals surface area contributed by atoms with Gasteiger partial charge in [-0.1, -0.05) is 0 Å². The summed E-state index contributed by atoms with van der Waals surface area (Å²) in [5.41, 5.74) is 0. The third kappa shape index (κ3) is 3.69. The van der Waals surface area contributed by atoms with Crippen LogP contribution in [0.1, 0.15) is 12.8 Å². The highest BCUT2D eigenvalue weighted by Gasteiger charge is 2.12. The first kappa shape index (κ1) is 14.8. The van der Waals surface area contributed by atoms with Crippen molar-refractivity contribution in [2.24, 2.45) is 5.14 Å². The average Bonchev–Trinajstić information content (AvgIpc) is 2.77. The maximum absolute atomic E-state index is 11.3. The van der Waals surface area contributed by atoms with Crippen LogP contribution in [-0.4, -0.2) is 26.1 Å². The monoisotopic (exact) mass is 315 g/mol. The Morgan fingerprint density at radius 2 is 2.10 bits per heavy atom. The lowest BCUT2D eigenvalue weighted by Gasteiger charge is -2.04. The molecule has 108 valence electrons. The summed E-state index contributed by atoms with van der Waals surface area (Å²) in [4.78, 5) is 10.4. The number of nitrogens with two attached hydrogens (primary N) is 1. The first-order valence-electron chi connectivity index (χ1n) is 5.77. The lowest BCUT2D eigenvalue weighted by atomic mass is 10.2. The van der Waals surface area contributed by atoms with Crippen LogP contribution >= 0.6 is 11.3 Å². The zero-order valence-corrected chi connectivity index (χ0v) is 12.0. The van der Waals surface area contributed by atoms with E-state index in [0.29, 0.717) is 18.8 Å². The maximum atomic E-state index is 11.3. The molecule has 0 aliphatic heterocycles. The van der Waals surface area contributed by atoms with E-state index in [1.165, 1.54) is 6.07 Å². The molecule has 1 aromatic heterocycles. The van der Waals surface area contributed by atoms with Gasteiger partial charge < -0.3 is 9.84 Å². The van der Waals surface area contributed by atoms with Crippen LogP contribution in [0, 0.1) is 0 Å². The lowest BCUT2D eigenvalue weighted by molar-refractivity contribution is -0.137. The minimum atomic E-state index is -3.70. The van der Waals surface area contributed by atoms with E-state index in [0.717, 1.165) is 21.4 Å². The molecule has 0 aliphatic rings. The fraction of sp³-hybridized carbons (Fsp3) is 0.250. The number of carboxylic acids is 1. The molecule has 2 aromatic rings. The van der Waals surface area contributed by atoms with Gasteiger partial charge >= 0.3 is 5.97 Å². The third-order valence-corrected chi connectivity index (χ3v) is 5.07. The number of hydrogen-bond donors (Lipinski definition) is 2. The molecule has 1 heterocycles. The summed E-state index contributed by atoms with van der Waals surface area (Å²) in [6, 6.07) is 6.69. The van der Waals surface area contributed by atoms with Crippen molar-refractivity contribution in [1.29, 1.82) is 0 Å². The van der Waals surface area contributed by atoms with Gasteiger partial charge in [-0.3, -0.25) is 4.79 Å². The van der Waals surface area contributed by atoms with Gasteiger partial charge in [-0.2, -0.15) is 0 Å². The first-order chi connectivity index (χ1) is 9.36. The van der Waals surface area contributed by atoms with Crippen LogP contribution in [0.15, 0.2) is 28.5 Å². The topological polar surface area (TPSA) is 107 Å². The number of carbonyl (C=O) groups is 1. The maximum Gasteiger partial charge on any atom is 0.303 e. The second-order valence-corrected chi connectivity index (χ2v) is 7.03. The van der Waals surface area contributed by atoms with Gasteiger partial charge in [-0.05, 0) is 36.1 Å². The fourth-order valence-corrected chi connectivity index (χ4v) is 3.48. The largest absolute Gasteiger partial charge is 0.494 e. The first-order valence-corrected chi connectivity index (χ1v) is 8.13. The molecule has 0 radical (unpaired) electrons. The van der Waals surface area contributed by atoms with Crippen molar-refractivity contribution in [2.45, 2.75) is 17.1 Å². The van der Waals surface area contributed by atoms with Crippen LogP contribution in [0.5, 0.6) is 5.75 Å². The number of rotatable bonds is 6. The van der Waals surface area contributed by atoms with Crippen molar-refractivity contribution in [3.05, 3.63) is 24.3 Å². The van der Waals surface area contributed by atoms with E-state index in [9.17, 15) is 13.2 Å². The van der Waals surface area contributed by atoms with Crippen molar-refractivity contribution in [2.75, 3.05) is 6.61 Å². The van der Waals surface area contributed by atoms with Crippen molar-refractivity contribution in [3.8, 4) is 5.75 Å². The Kier molecular flexibility index (Phi) is 4.26. The highest BCUT2D eigenvalue weighted by molar-refractivity contribution is 7.91. The van der Waals surface area contributed by atoms with Crippen LogP contribution in [-0.2, 0) is 14.8 Å². The number of fused-ring (bicyclic) bond motifs is 1. The number of primary sulfonamides is 1. The summed E-state index contributed by atoms with van der Waals surface area (Å²) in [5.74, 6) is -0.286. The van der Waals surface area contributed by atoms with Gasteiger partial charge in [-0.25, -0.2) is 13.6 Å². The lowest BCUT2D eigenvalue weighted by Crippen LogP contribution is -2.09. The van der Waals surface area contributed by atoms with Crippen molar-refractivity contribution in [1.82, 2.24) is 0 Å². The molecule has 0 aliphatic carbocycles. The van der Waals surface area contributed by atoms with Gasteiger partial charge in [0.05, 0.1) is 6.61 Å². The molecule has 1 aromatic carbocycles. The second kappa shape index (κ2) is 5.78. The molecular weight excluding hydrogens is 302 g/mol. The molecular formula is C12H13NO5S2. The standard InChI is InChI=1S/C12H13NO5S2/c13-20(16,17)12-6-8-3-4-9(7-10(8)19-12)18-5-1-2-11(14)15/h3-4,6-7H,1-2,5H2,(H,14,15)(H2,13,16,17). The van der Waals surface area contributed by atoms with E-state index >= 15 is 0 Å². The SMILES string of the molecule is NS(=O)(=O)c1cc2ccc(OCCCC(=O)O)cc2s1. The second-order valence-electron chi connectivity index (χ2n) is 4.16. The molecule has 0 fully saturated rings. The van der Waals surface area contributed by atoms with Gasteiger partial charge in [0.15, 0.2) is 0 Å². The van der Waals surface area contributed by atoms with E-state index in [4.69, 9.17) is 15.0 Å². The molecule has 0 amide bonds. The van der Waals surface area contributed by atoms with Crippen molar-refractivity contribution < 1.29 is 23.1 Å². The summed E-state index contributed by atoms with van der Waals surface area (Å²) >= 11 is 1.08. The summed E-state index contributed by atoms with van der Waals surface area (Å²) in [7, 11) is -3.70. The molecule has 2 rings (SSSR count). The number of benzene rings is 1. The van der Waals surface area contributed by atoms with Gasteiger partial charge in [0.1, 0.15) is 9.96 Å². The highest BCUT2D eigenvalue weighted by Crippen LogP contribution is 2.31. The Hall–Kier alpha value is -1.64. The quantitative estimate of drug-likeness (QED) is 0.790. The Morgan fingerprint density at radius 1 is 1.35 bits per heavy atom. The predicted molar refractivity (Wildman–Crippen MR) is 75.6 cm³/mol. The Labute approximate surface area is 119 Å². The average molecular weight is 315 g/mol. The normalized spacial score (nSPS) is 11.7. The zero-order chi connectivity index (χ0) is 14.8. The number of aliphatic carboxylic acids is 1. The molecule has 0 bridgehead atoms. The molecule has 0 saturated carbocycles. The van der Waals surface area contributed by atoms with Crippen molar-refractivity contribution in [3.63, 3.8) is 0 Å². The highest BCUT2D eigenvalue weighted by atomic mass is 32.2. The van der Waals surface area contributed by atoms with Gasteiger partial charge in [0, 0.05) is 11.1 Å². The molecule has 0 unspecified atom stereocenters.